The van der Waals surface area contributed by atoms with E-state index in [0.29, 0.717) is 5.75 Å². The van der Waals surface area contributed by atoms with Crippen molar-refractivity contribution in [3.8, 4) is 0 Å². The highest BCUT2D eigenvalue weighted by Gasteiger charge is 1.94. The molecule has 0 aromatic heterocycles. The fourth-order valence-corrected chi connectivity index (χ4v) is 0.354. The van der Waals surface area contributed by atoms with Crippen molar-refractivity contribution in [3.05, 3.63) is 0 Å². The first-order valence-electron chi connectivity index (χ1n) is 1.90. The molecule has 0 aliphatic heterocycles. The molecule has 0 heterocycles. The summed E-state index contributed by atoms with van der Waals surface area (Å²) in [6.07, 6.45) is 0. The van der Waals surface area contributed by atoms with E-state index < -0.39 is 8.77 Å². The third-order valence-electron chi connectivity index (χ3n) is 0.607. The highest BCUT2D eigenvalue weighted by Crippen LogP contribution is 1.86. The van der Waals surface area contributed by atoms with E-state index in [2.05, 4.69) is 15.4 Å². The average molecular weight is 140 g/mol. The summed E-state index contributed by atoms with van der Waals surface area (Å²) in [6, 6.07) is 0. The molecule has 0 saturated carbocycles. The fraction of sp³-hybridized carbons (Fsp3) is 1.00. The zero-order valence-corrected chi connectivity index (χ0v) is 5.97. The smallest absolute Gasteiger partial charge is 0.143 e. The molecule has 7 heavy (non-hydrogen) atoms. The molecule has 0 rings (SSSR count). The Balaban J connectivity index is 3.89. The largest absolute Gasteiger partial charge is 0.293 e. The standard InChI is InChI=1S/C3H8O2S2/c1-3-7(4,6)5-2/h3H2,1-2H3. The van der Waals surface area contributed by atoms with Gasteiger partial charge in [-0.1, -0.05) is 6.92 Å². The number of hydrogen-bond donors (Lipinski definition) is 0. The van der Waals surface area contributed by atoms with Crippen LogP contribution in [-0.2, 0) is 24.1 Å². The van der Waals surface area contributed by atoms with Gasteiger partial charge in [-0.2, -0.15) is 0 Å². The van der Waals surface area contributed by atoms with Gasteiger partial charge in [0.15, 0.2) is 0 Å². The monoisotopic (exact) mass is 140 g/mol. The van der Waals surface area contributed by atoms with Crippen LogP contribution in [0.5, 0.6) is 0 Å². The summed E-state index contributed by atoms with van der Waals surface area (Å²) >= 11 is 4.45. The van der Waals surface area contributed by atoms with Crippen molar-refractivity contribution < 1.29 is 8.39 Å². The van der Waals surface area contributed by atoms with Crippen molar-refractivity contribution in [1.82, 2.24) is 0 Å². The number of hydrogen-bond acceptors (Lipinski definition) is 3. The molecule has 0 aromatic carbocycles. The van der Waals surface area contributed by atoms with Gasteiger partial charge < -0.3 is 0 Å². The molecule has 0 aromatic rings. The minimum atomic E-state index is -2.32. The van der Waals surface area contributed by atoms with Gasteiger partial charge >= 0.3 is 0 Å². The predicted octanol–water partition coefficient (Wildman–Crippen LogP) is 0.314. The molecule has 1 unspecified atom stereocenters. The van der Waals surface area contributed by atoms with E-state index >= 15 is 0 Å². The summed E-state index contributed by atoms with van der Waals surface area (Å²) in [5.74, 6) is 0.416. The van der Waals surface area contributed by atoms with E-state index in [1.54, 1.807) is 6.92 Å². The van der Waals surface area contributed by atoms with Crippen molar-refractivity contribution in [2.75, 3.05) is 12.9 Å². The van der Waals surface area contributed by atoms with Gasteiger partial charge in [0.05, 0.1) is 7.11 Å². The summed E-state index contributed by atoms with van der Waals surface area (Å²) in [4.78, 5) is 0. The Labute approximate surface area is 48.7 Å². The zero-order chi connectivity index (χ0) is 5.91. The first-order valence-corrected chi connectivity index (χ1v) is 4.48. The van der Waals surface area contributed by atoms with Crippen molar-refractivity contribution >= 4 is 20.0 Å². The van der Waals surface area contributed by atoms with Gasteiger partial charge in [0.25, 0.3) is 0 Å². The van der Waals surface area contributed by atoms with Crippen molar-refractivity contribution in [2.24, 2.45) is 0 Å². The molecule has 2 nitrogen and oxygen atoms in total. The third-order valence-corrected chi connectivity index (χ3v) is 2.94. The van der Waals surface area contributed by atoms with E-state index in [0.717, 1.165) is 0 Å². The molecule has 0 aliphatic rings. The summed E-state index contributed by atoms with van der Waals surface area (Å²) in [5.41, 5.74) is 0. The quantitative estimate of drug-likeness (QED) is 0.552. The molecule has 44 valence electrons. The SMILES string of the molecule is CCS(=O)(=S)OC. The Kier molecular flexibility index (Phi) is 2.71. The first-order chi connectivity index (χ1) is 3.12. The van der Waals surface area contributed by atoms with Crippen molar-refractivity contribution in [2.45, 2.75) is 6.92 Å². The molecule has 0 spiro atoms. The van der Waals surface area contributed by atoms with Crippen LogP contribution in [0.25, 0.3) is 0 Å². The lowest BCUT2D eigenvalue weighted by molar-refractivity contribution is 0.444. The molecule has 0 aliphatic carbocycles. The highest BCUT2D eigenvalue weighted by atomic mass is 32.8. The van der Waals surface area contributed by atoms with E-state index in [-0.39, 0.29) is 0 Å². The lowest BCUT2D eigenvalue weighted by Crippen LogP contribution is -2.01. The third kappa shape index (κ3) is 2.96. The summed E-state index contributed by atoms with van der Waals surface area (Å²) in [6.45, 7) is 1.73. The van der Waals surface area contributed by atoms with Gasteiger partial charge in [-0.15, -0.1) is 0 Å². The van der Waals surface area contributed by atoms with E-state index in [9.17, 15) is 4.21 Å². The minimum absolute atomic E-state index is 0.416. The maximum Gasteiger partial charge on any atom is 0.143 e. The van der Waals surface area contributed by atoms with Crippen LogP contribution >= 0.6 is 0 Å². The normalized spacial score (nSPS) is 18.6. The van der Waals surface area contributed by atoms with Gasteiger partial charge in [0.2, 0.25) is 0 Å². The molecule has 0 radical (unpaired) electrons. The van der Waals surface area contributed by atoms with Crippen LogP contribution in [0.3, 0.4) is 0 Å². The molecule has 0 fully saturated rings. The Morgan fingerprint density at radius 3 is 2.29 bits per heavy atom. The molecule has 4 heteroatoms. The van der Waals surface area contributed by atoms with E-state index in [1.165, 1.54) is 7.11 Å². The summed E-state index contributed by atoms with van der Waals surface area (Å²) < 4.78 is 14.9. The molecule has 0 bridgehead atoms. The molecule has 0 amide bonds. The van der Waals surface area contributed by atoms with Gasteiger partial charge in [-0.3, -0.25) is 4.18 Å². The van der Waals surface area contributed by atoms with Crippen LogP contribution in [0.1, 0.15) is 6.92 Å². The molecule has 0 N–H and O–H groups in total. The molecular weight excluding hydrogens is 132 g/mol. The summed E-state index contributed by atoms with van der Waals surface area (Å²) in [7, 11) is -0.964. The van der Waals surface area contributed by atoms with Crippen LogP contribution in [0.2, 0.25) is 0 Å². The van der Waals surface area contributed by atoms with Gasteiger partial charge in [0.1, 0.15) is 8.77 Å². The zero-order valence-electron chi connectivity index (χ0n) is 4.34. The predicted molar refractivity (Wildman–Crippen MR) is 33.1 cm³/mol. The van der Waals surface area contributed by atoms with Gasteiger partial charge in [-0.05, 0) is 0 Å². The van der Waals surface area contributed by atoms with Gasteiger partial charge in [0, 0.05) is 16.9 Å². The minimum Gasteiger partial charge on any atom is -0.293 e. The van der Waals surface area contributed by atoms with E-state index in [1.807, 2.05) is 0 Å². The first kappa shape index (κ1) is 7.33. The van der Waals surface area contributed by atoms with E-state index in [4.69, 9.17) is 0 Å². The lowest BCUT2D eigenvalue weighted by Gasteiger charge is -1.95. The Morgan fingerprint density at radius 1 is 1.86 bits per heavy atom. The second-order valence-corrected chi connectivity index (χ2v) is 4.56. The number of rotatable bonds is 2. The summed E-state index contributed by atoms with van der Waals surface area (Å²) in [5, 5.41) is 0. The van der Waals surface area contributed by atoms with Crippen LogP contribution in [0.4, 0.5) is 0 Å². The molecule has 1 atom stereocenters. The molecular formula is C3H8O2S2. The Morgan fingerprint density at radius 2 is 2.29 bits per heavy atom. The van der Waals surface area contributed by atoms with Crippen molar-refractivity contribution in [3.63, 3.8) is 0 Å². The van der Waals surface area contributed by atoms with Crippen molar-refractivity contribution in [1.29, 1.82) is 0 Å². The maximum atomic E-state index is 10.5. The fourth-order valence-electron chi connectivity index (χ4n) is 0.118. The second-order valence-electron chi connectivity index (χ2n) is 1.01. The van der Waals surface area contributed by atoms with Crippen LogP contribution < -0.4 is 0 Å². The highest BCUT2D eigenvalue weighted by molar-refractivity contribution is 8.30. The second kappa shape index (κ2) is 2.59. The molecule has 0 saturated heterocycles. The topological polar surface area (TPSA) is 26.3 Å². The van der Waals surface area contributed by atoms with Crippen LogP contribution in [0, 0.1) is 0 Å². The van der Waals surface area contributed by atoms with Crippen LogP contribution in [-0.4, -0.2) is 17.1 Å². The Bertz CT molecular complexity index is 114. The Hall–Kier alpha value is 0.330. The van der Waals surface area contributed by atoms with Gasteiger partial charge in [-0.25, -0.2) is 4.21 Å². The average Bonchev–Trinajstić information content (AvgIpc) is 1.68. The van der Waals surface area contributed by atoms with Crippen LogP contribution in [0.15, 0.2) is 0 Å². The lowest BCUT2D eigenvalue weighted by atomic mass is 11.0. The maximum absolute atomic E-state index is 10.5.